The molecule has 6 heteroatoms. The maximum atomic E-state index is 12.1. The lowest BCUT2D eigenvalue weighted by atomic mass is 10.2. The molecule has 1 atom stereocenters. The molecule has 114 valence electrons. The number of halogens is 1. The molecule has 0 bridgehead atoms. The second-order valence-electron chi connectivity index (χ2n) is 5.11. The summed E-state index contributed by atoms with van der Waals surface area (Å²) in [5.74, 6) is -0.435. The average molecular weight is 311 g/mol. The molecule has 0 aromatic heterocycles. The van der Waals surface area contributed by atoms with Gasteiger partial charge in [-0.1, -0.05) is 17.7 Å². The van der Waals surface area contributed by atoms with Crippen molar-refractivity contribution in [3.8, 4) is 0 Å². The molecule has 0 spiro atoms. The van der Waals surface area contributed by atoms with Crippen LogP contribution in [-0.2, 0) is 14.3 Å². The lowest BCUT2D eigenvalue weighted by Crippen LogP contribution is -2.41. The maximum absolute atomic E-state index is 12.1. The molecule has 1 saturated heterocycles. The van der Waals surface area contributed by atoms with Crippen LogP contribution >= 0.6 is 11.6 Å². The van der Waals surface area contributed by atoms with E-state index in [-0.39, 0.29) is 24.5 Å². The zero-order valence-corrected chi connectivity index (χ0v) is 12.9. The Morgan fingerprint density at radius 3 is 2.95 bits per heavy atom. The molecule has 2 rings (SSSR count). The number of amides is 1. The van der Waals surface area contributed by atoms with E-state index in [0.29, 0.717) is 10.7 Å². The van der Waals surface area contributed by atoms with Gasteiger partial charge in [-0.2, -0.15) is 0 Å². The Morgan fingerprint density at radius 1 is 1.48 bits per heavy atom. The number of nitrogens with zero attached hydrogens (tertiary/aromatic N) is 1. The smallest absolute Gasteiger partial charge is 0.323 e. The van der Waals surface area contributed by atoms with Crippen molar-refractivity contribution >= 4 is 29.2 Å². The zero-order chi connectivity index (χ0) is 15.4. The second kappa shape index (κ2) is 6.91. The Balaban J connectivity index is 1.98. The molecule has 0 aliphatic carbocycles. The number of likely N-dealkylation sites (tertiary alicyclic amines) is 1. The van der Waals surface area contributed by atoms with Crippen LogP contribution in [0, 0.1) is 6.92 Å². The predicted octanol–water partition coefficient (Wildman–Crippen LogP) is 2.22. The van der Waals surface area contributed by atoms with Gasteiger partial charge >= 0.3 is 5.97 Å². The third-order valence-corrected chi connectivity index (χ3v) is 4.13. The van der Waals surface area contributed by atoms with Crippen molar-refractivity contribution in [2.24, 2.45) is 0 Å². The van der Waals surface area contributed by atoms with Crippen LogP contribution in [0.2, 0.25) is 5.02 Å². The monoisotopic (exact) mass is 310 g/mol. The Kier molecular flexibility index (Phi) is 5.20. The van der Waals surface area contributed by atoms with E-state index in [2.05, 4.69) is 5.32 Å². The fourth-order valence-electron chi connectivity index (χ4n) is 2.54. The van der Waals surface area contributed by atoms with Crippen LogP contribution < -0.4 is 5.32 Å². The Hall–Kier alpha value is -1.59. The summed E-state index contributed by atoms with van der Waals surface area (Å²) in [4.78, 5) is 25.6. The number of benzene rings is 1. The molecule has 1 amide bonds. The first-order valence-electron chi connectivity index (χ1n) is 6.89. The van der Waals surface area contributed by atoms with Crippen molar-refractivity contribution in [2.45, 2.75) is 25.8 Å². The number of hydrogen-bond acceptors (Lipinski definition) is 4. The highest BCUT2D eigenvalue weighted by molar-refractivity contribution is 6.31. The molecule has 1 fully saturated rings. The summed E-state index contributed by atoms with van der Waals surface area (Å²) < 4.78 is 4.77. The molecule has 1 N–H and O–H groups in total. The summed E-state index contributed by atoms with van der Waals surface area (Å²) >= 11 is 6.03. The van der Waals surface area contributed by atoms with Crippen molar-refractivity contribution in [1.29, 1.82) is 0 Å². The van der Waals surface area contributed by atoms with Crippen LogP contribution in [0.25, 0.3) is 0 Å². The van der Waals surface area contributed by atoms with Gasteiger partial charge in [-0.05, 0) is 44.0 Å². The molecular formula is C15H19ClN2O3. The van der Waals surface area contributed by atoms with Crippen molar-refractivity contribution in [1.82, 2.24) is 4.90 Å². The number of anilines is 1. The first-order chi connectivity index (χ1) is 10.0. The summed E-state index contributed by atoms with van der Waals surface area (Å²) in [6.45, 7) is 2.75. The highest BCUT2D eigenvalue weighted by Crippen LogP contribution is 2.23. The van der Waals surface area contributed by atoms with E-state index in [1.54, 1.807) is 18.2 Å². The van der Waals surface area contributed by atoms with Crippen LogP contribution in [0.15, 0.2) is 18.2 Å². The summed E-state index contributed by atoms with van der Waals surface area (Å²) in [5.41, 5.74) is 1.53. The number of nitrogens with one attached hydrogen (secondary N) is 1. The van der Waals surface area contributed by atoms with Crippen molar-refractivity contribution < 1.29 is 14.3 Å². The zero-order valence-electron chi connectivity index (χ0n) is 12.2. The molecule has 5 nitrogen and oxygen atoms in total. The van der Waals surface area contributed by atoms with Gasteiger partial charge in [-0.3, -0.25) is 14.5 Å². The van der Waals surface area contributed by atoms with E-state index >= 15 is 0 Å². The molecule has 1 aliphatic heterocycles. The third-order valence-electron chi connectivity index (χ3n) is 3.73. The first kappa shape index (κ1) is 15.8. The van der Waals surface area contributed by atoms with Crippen molar-refractivity contribution in [3.63, 3.8) is 0 Å². The summed E-state index contributed by atoms with van der Waals surface area (Å²) in [5, 5.41) is 3.45. The van der Waals surface area contributed by atoms with Crippen LogP contribution in [0.3, 0.4) is 0 Å². The number of esters is 1. The Labute approximate surface area is 129 Å². The maximum Gasteiger partial charge on any atom is 0.323 e. The average Bonchev–Trinajstić information content (AvgIpc) is 2.91. The number of ether oxygens (including phenoxy) is 1. The van der Waals surface area contributed by atoms with E-state index < -0.39 is 0 Å². The number of methoxy groups -OCH3 is 1. The van der Waals surface area contributed by atoms with Crippen LogP contribution in [-0.4, -0.2) is 43.0 Å². The fraction of sp³-hybridized carbons (Fsp3) is 0.467. The minimum Gasteiger partial charge on any atom is -0.468 e. The van der Waals surface area contributed by atoms with Gasteiger partial charge in [0.1, 0.15) is 6.04 Å². The highest BCUT2D eigenvalue weighted by Gasteiger charge is 2.32. The van der Waals surface area contributed by atoms with E-state index in [1.165, 1.54) is 7.11 Å². The Bertz CT molecular complexity index is 548. The minimum atomic E-state index is -0.318. The van der Waals surface area contributed by atoms with E-state index in [0.717, 1.165) is 24.9 Å². The number of carbonyl (C=O) groups excluding carboxylic acids is 2. The lowest BCUT2D eigenvalue weighted by Gasteiger charge is -2.21. The van der Waals surface area contributed by atoms with Gasteiger partial charge < -0.3 is 10.1 Å². The van der Waals surface area contributed by atoms with Gasteiger partial charge in [0.05, 0.1) is 13.7 Å². The third kappa shape index (κ3) is 3.74. The fourth-order valence-corrected chi connectivity index (χ4v) is 2.71. The normalized spacial score (nSPS) is 18.5. The standard InChI is InChI=1S/C15H19ClN2O3/c1-10-11(16)5-3-6-12(10)17-14(19)9-18-8-4-7-13(18)15(20)21-2/h3,5-6,13H,4,7-9H2,1-2H3,(H,17,19). The molecule has 0 radical (unpaired) electrons. The van der Waals surface area contributed by atoms with E-state index in [1.807, 2.05) is 11.8 Å². The number of rotatable bonds is 4. The van der Waals surface area contributed by atoms with Gasteiger partial charge in [-0.25, -0.2) is 0 Å². The molecular weight excluding hydrogens is 292 g/mol. The molecule has 1 aliphatic rings. The largest absolute Gasteiger partial charge is 0.468 e. The SMILES string of the molecule is COC(=O)C1CCCN1CC(=O)Nc1cccc(Cl)c1C. The van der Waals surface area contributed by atoms with E-state index in [9.17, 15) is 9.59 Å². The van der Waals surface area contributed by atoms with Gasteiger partial charge in [0.15, 0.2) is 0 Å². The molecule has 0 saturated carbocycles. The molecule has 1 aromatic rings. The molecule has 1 unspecified atom stereocenters. The molecule has 1 heterocycles. The van der Waals surface area contributed by atoms with Crippen LogP contribution in [0.4, 0.5) is 5.69 Å². The van der Waals surface area contributed by atoms with Gasteiger partial charge in [-0.15, -0.1) is 0 Å². The van der Waals surface area contributed by atoms with Crippen molar-refractivity contribution in [2.75, 3.05) is 25.5 Å². The van der Waals surface area contributed by atoms with Gasteiger partial charge in [0.2, 0.25) is 5.91 Å². The molecule has 1 aromatic carbocycles. The minimum absolute atomic E-state index is 0.156. The van der Waals surface area contributed by atoms with E-state index in [4.69, 9.17) is 16.3 Å². The first-order valence-corrected chi connectivity index (χ1v) is 7.27. The highest BCUT2D eigenvalue weighted by atomic mass is 35.5. The quantitative estimate of drug-likeness (QED) is 0.866. The summed E-state index contributed by atoms with van der Waals surface area (Å²) in [6.07, 6.45) is 1.62. The number of carbonyl (C=O) groups is 2. The summed E-state index contributed by atoms with van der Waals surface area (Å²) in [6, 6.07) is 5.06. The van der Waals surface area contributed by atoms with Crippen LogP contribution in [0.5, 0.6) is 0 Å². The topological polar surface area (TPSA) is 58.6 Å². The molecule has 21 heavy (non-hydrogen) atoms. The van der Waals surface area contributed by atoms with Gasteiger partial charge in [0, 0.05) is 10.7 Å². The Morgan fingerprint density at radius 2 is 2.24 bits per heavy atom. The second-order valence-corrected chi connectivity index (χ2v) is 5.52. The van der Waals surface area contributed by atoms with Gasteiger partial charge in [0.25, 0.3) is 0 Å². The summed E-state index contributed by atoms with van der Waals surface area (Å²) in [7, 11) is 1.37. The van der Waals surface area contributed by atoms with Crippen molar-refractivity contribution in [3.05, 3.63) is 28.8 Å². The predicted molar refractivity (Wildman–Crippen MR) is 81.4 cm³/mol. The lowest BCUT2D eigenvalue weighted by molar-refractivity contribution is -0.146. The number of hydrogen-bond donors (Lipinski definition) is 1. The van der Waals surface area contributed by atoms with Crippen LogP contribution in [0.1, 0.15) is 18.4 Å².